The van der Waals surface area contributed by atoms with Crippen molar-refractivity contribution in [1.29, 1.82) is 0 Å². The van der Waals surface area contributed by atoms with E-state index < -0.39 is 9.28 Å². The topological polar surface area (TPSA) is 18.5 Å². The Bertz CT molecular complexity index is 1040. The smallest absolute Gasteiger partial charge is 0.355 e. The van der Waals surface area contributed by atoms with Crippen molar-refractivity contribution in [2.45, 2.75) is 0 Å². The molecule has 0 aliphatic rings. The molecule has 0 aliphatic carbocycles. The van der Waals surface area contributed by atoms with Crippen molar-refractivity contribution < 1.29 is 8.85 Å². The predicted octanol–water partition coefficient (Wildman–Crippen LogP) is 4.38. The molecule has 0 saturated heterocycles. The van der Waals surface area contributed by atoms with Crippen molar-refractivity contribution in [1.82, 2.24) is 0 Å². The van der Waals surface area contributed by atoms with Crippen LogP contribution in [0.5, 0.6) is 0 Å². The van der Waals surface area contributed by atoms with Crippen molar-refractivity contribution in [2.24, 2.45) is 0 Å². The van der Waals surface area contributed by atoms with Gasteiger partial charge in [0.1, 0.15) is 0 Å². The number of rotatable bonds is 4. The molecule has 3 heteroatoms. The van der Waals surface area contributed by atoms with Gasteiger partial charge in [0.15, 0.2) is 0 Å². The minimum absolute atomic E-state index is 1.17. The van der Waals surface area contributed by atoms with Gasteiger partial charge in [-0.25, -0.2) is 0 Å². The van der Waals surface area contributed by atoms with Gasteiger partial charge in [-0.15, -0.1) is 0 Å². The van der Waals surface area contributed by atoms with Crippen LogP contribution in [-0.4, -0.2) is 23.5 Å². The zero-order valence-electron chi connectivity index (χ0n) is 14.4. The summed E-state index contributed by atoms with van der Waals surface area (Å²) in [6, 6.07) is 27.9. The standard InChI is InChI=1S/C22H20O2Si/c1-23-25(24-2)22-14-8-7-13-20(22)21-15-16-9-3-4-10-17(16)18-11-5-6-12-19(18)21/h3-15,25H,1-2H3. The maximum absolute atomic E-state index is 5.66. The SMILES string of the molecule is CO[SiH](OC)c1ccccc1-c1cc2ccccc2c2ccccc12. The van der Waals surface area contributed by atoms with Gasteiger partial charge in [0.2, 0.25) is 0 Å². The van der Waals surface area contributed by atoms with Crippen LogP contribution < -0.4 is 5.19 Å². The molecule has 4 aromatic carbocycles. The van der Waals surface area contributed by atoms with Crippen LogP contribution in [0, 0.1) is 0 Å². The van der Waals surface area contributed by atoms with E-state index in [1.165, 1.54) is 37.9 Å². The molecule has 0 radical (unpaired) electrons. The maximum atomic E-state index is 5.66. The van der Waals surface area contributed by atoms with Crippen LogP contribution in [0.3, 0.4) is 0 Å². The van der Waals surface area contributed by atoms with Crippen LogP contribution in [0.2, 0.25) is 0 Å². The normalized spacial score (nSPS) is 11.5. The lowest BCUT2D eigenvalue weighted by Gasteiger charge is -2.18. The van der Waals surface area contributed by atoms with Gasteiger partial charge in [0, 0.05) is 14.2 Å². The van der Waals surface area contributed by atoms with E-state index in [-0.39, 0.29) is 0 Å². The van der Waals surface area contributed by atoms with Crippen LogP contribution in [0.4, 0.5) is 0 Å². The van der Waals surface area contributed by atoms with Gasteiger partial charge in [-0.3, -0.25) is 0 Å². The molecule has 0 aromatic heterocycles. The first kappa shape index (κ1) is 16.0. The molecule has 4 rings (SSSR count). The molecule has 4 aromatic rings. The lowest BCUT2D eigenvalue weighted by atomic mass is 9.93. The van der Waals surface area contributed by atoms with Gasteiger partial charge < -0.3 is 8.85 Å². The largest absolute Gasteiger partial charge is 0.397 e. The fourth-order valence-corrected chi connectivity index (χ4v) is 5.05. The predicted molar refractivity (Wildman–Crippen MR) is 108 cm³/mol. The van der Waals surface area contributed by atoms with Gasteiger partial charge >= 0.3 is 9.28 Å². The Morgan fingerprint density at radius 3 is 1.96 bits per heavy atom. The van der Waals surface area contributed by atoms with Gasteiger partial charge in [0.25, 0.3) is 0 Å². The Labute approximate surface area is 149 Å². The average Bonchev–Trinajstić information content (AvgIpc) is 2.69. The summed E-state index contributed by atoms with van der Waals surface area (Å²) in [6.07, 6.45) is 0. The molecule has 0 unspecified atom stereocenters. The zero-order valence-corrected chi connectivity index (χ0v) is 15.6. The first-order valence-corrected chi connectivity index (χ1v) is 9.91. The number of hydrogen-bond donors (Lipinski definition) is 0. The van der Waals surface area contributed by atoms with E-state index in [2.05, 4.69) is 78.9 Å². The van der Waals surface area contributed by atoms with Gasteiger partial charge in [-0.2, -0.15) is 0 Å². The van der Waals surface area contributed by atoms with Crippen LogP contribution >= 0.6 is 0 Å². The third-order valence-electron chi connectivity index (χ3n) is 4.70. The van der Waals surface area contributed by atoms with E-state index in [1.54, 1.807) is 14.2 Å². The summed E-state index contributed by atoms with van der Waals surface area (Å²) in [5.74, 6) is 0. The van der Waals surface area contributed by atoms with Crippen LogP contribution in [0.25, 0.3) is 32.7 Å². The van der Waals surface area contributed by atoms with Gasteiger partial charge in [-0.1, -0.05) is 72.8 Å². The molecular formula is C22H20O2Si. The number of benzene rings is 4. The molecule has 0 amide bonds. The summed E-state index contributed by atoms with van der Waals surface area (Å²) >= 11 is 0. The molecule has 0 N–H and O–H groups in total. The quantitative estimate of drug-likeness (QED) is 0.404. The summed E-state index contributed by atoms with van der Waals surface area (Å²) in [6.45, 7) is 0. The lowest BCUT2D eigenvalue weighted by molar-refractivity contribution is 0.292. The molecule has 0 saturated carbocycles. The monoisotopic (exact) mass is 344 g/mol. The highest BCUT2D eigenvalue weighted by molar-refractivity contribution is 6.63. The fourth-order valence-electron chi connectivity index (χ4n) is 3.58. The minimum Gasteiger partial charge on any atom is -0.397 e. The summed E-state index contributed by atoms with van der Waals surface area (Å²) in [7, 11) is 1.56. The van der Waals surface area contributed by atoms with Crippen molar-refractivity contribution in [3.8, 4) is 11.1 Å². The maximum Gasteiger partial charge on any atom is 0.355 e. The summed E-state index contributed by atoms with van der Waals surface area (Å²) < 4.78 is 11.3. The summed E-state index contributed by atoms with van der Waals surface area (Å²) in [5.41, 5.74) is 2.43. The van der Waals surface area contributed by atoms with E-state index in [1.807, 2.05) is 0 Å². The van der Waals surface area contributed by atoms with E-state index in [9.17, 15) is 0 Å². The summed E-state index contributed by atoms with van der Waals surface area (Å²) in [4.78, 5) is 0. The van der Waals surface area contributed by atoms with Crippen molar-refractivity contribution in [2.75, 3.05) is 14.2 Å². The zero-order chi connectivity index (χ0) is 17.2. The molecule has 0 spiro atoms. The molecule has 0 atom stereocenters. The minimum atomic E-state index is -1.90. The second kappa shape index (κ2) is 6.80. The van der Waals surface area contributed by atoms with Crippen LogP contribution in [0.1, 0.15) is 0 Å². The summed E-state index contributed by atoms with van der Waals surface area (Å²) in [5, 5.41) is 6.24. The highest BCUT2D eigenvalue weighted by Gasteiger charge is 2.19. The molecule has 0 bridgehead atoms. The fraction of sp³-hybridized carbons (Fsp3) is 0.0909. The Balaban J connectivity index is 2.08. The molecular weight excluding hydrogens is 324 g/mol. The molecule has 25 heavy (non-hydrogen) atoms. The van der Waals surface area contributed by atoms with Crippen LogP contribution in [0.15, 0.2) is 78.9 Å². The molecule has 2 nitrogen and oxygen atoms in total. The first-order chi connectivity index (χ1) is 12.3. The first-order valence-electron chi connectivity index (χ1n) is 8.39. The Morgan fingerprint density at radius 2 is 1.20 bits per heavy atom. The Morgan fingerprint density at radius 1 is 0.600 bits per heavy atom. The van der Waals surface area contributed by atoms with E-state index in [0.717, 1.165) is 0 Å². The molecule has 0 aliphatic heterocycles. The number of hydrogen-bond acceptors (Lipinski definition) is 2. The second-order valence-electron chi connectivity index (χ2n) is 6.08. The van der Waals surface area contributed by atoms with Crippen molar-refractivity contribution in [3.05, 3.63) is 78.9 Å². The van der Waals surface area contributed by atoms with Crippen molar-refractivity contribution >= 4 is 36.0 Å². The highest BCUT2D eigenvalue weighted by atomic mass is 28.3. The van der Waals surface area contributed by atoms with Gasteiger partial charge in [0.05, 0.1) is 0 Å². The third-order valence-corrected chi connectivity index (χ3v) is 6.57. The van der Waals surface area contributed by atoms with E-state index in [0.29, 0.717) is 0 Å². The highest BCUT2D eigenvalue weighted by Crippen LogP contribution is 2.34. The van der Waals surface area contributed by atoms with Crippen molar-refractivity contribution in [3.63, 3.8) is 0 Å². The van der Waals surface area contributed by atoms with Gasteiger partial charge in [-0.05, 0) is 43.9 Å². The average molecular weight is 344 g/mol. The Kier molecular flexibility index (Phi) is 4.36. The van der Waals surface area contributed by atoms with E-state index in [4.69, 9.17) is 8.85 Å². The molecule has 0 heterocycles. The second-order valence-corrected chi connectivity index (χ2v) is 8.31. The molecule has 0 fully saturated rings. The van der Waals surface area contributed by atoms with E-state index >= 15 is 0 Å². The lowest BCUT2D eigenvalue weighted by Crippen LogP contribution is -2.36. The molecule has 124 valence electrons. The Hall–Kier alpha value is -2.46. The van der Waals surface area contributed by atoms with Crippen LogP contribution in [-0.2, 0) is 8.85 Å². The number of fused-ring (bicyclic) bond motifs is 3. The third kappa shape index (κ3) is 2.76.